The second-order valence-electron chi connectivity index (χ2n) is 4.32. The van der Waals surface area contributed by atoms with Gasteiger partial charge < -0.3 is 0 Å². The highest BCUT2D eigenvalue weighted by Gasteiger charge is 2.02. The van der Waals surface area contributed by atoms with Crippen LogP contribution in [0.2, 0.25) is 0 Å². The molecule has 0 saturated carbocycles. The quantitative estimate of drug-likeness (QED) is 0.700. The van der Waals surface area contributed by atoms with Crippen molar-refractivity contribution in [2.75, 3.05) is 0 Å². The van der Waals surface area contributed by atoms with Crippen LogP contribution in [-0.4, -0.2) is 10.2 Å². The second-order valence-corrected chi connectivity index (χ2v) is 4.32. The molecule has 2 aromatic carbocycles. The van der Waals surface area contributed by atoms with Gasteiger partial charge in [0.15, 0.2) is 0 Å². The van der Waals surface area contributed by atoms with Crippen molar-refractivity contribution in [3.8, 4) is 0 Å². The Balaban J connectivity index is 2.07. The number of rotatable bonds is 2. The molecule has 0 bridgehead atoms. The fraction of sp³-hybridized carbons (Fsp3) is 0. The molecule has 0 spiro atoms. The fourth-order valence-corrected chi connectivity index (χ4v) is 1.97. The zero-order valence-electron chi connectivity index (χ0n) is 10.4. The summed E-state index contributed by atoms with van der Waals surface area (Å²) in [7, 11) is 0. The predicted octanol–water partition coefficient (Wildman–Crippen LogP) is 4.08. The summed E-state index contributed by atoms with van der Waals surface area (Å²) in [4.78, 5) is 0. The van der Waals surface area contributed by atoms with Gasteiger partial charge in [-0.15, -0.1) is 0 Å². The third-order valence-electron chi connectivity index (χ3n) is 2.98. The van der Waals surface area contributed by atoms with Gasteiger partial charge in [-0.1, -0.05) is 30.4 Å². The summed E-state index contributed by atoms with van der Waals surface area (Å²) >= 11 is 0. The molecule has 1 heterocycles. The number of fused-ring (bicyclic) bond motifs is 1. The molecule has 0 amide bonds. The summed E-state index contributed by atoms with van der Waals surface area (Å²) < 4.78 is 26.8. The Bertz CT molecular complexity index is 797. The number of halogens is 2. The number of hydrogen-bond acceptors (Lipinski definition) is 2. The van der Waals surface area contributed by atoms with E-state index in [1.54, 1.807) is 36.4 Å². The average molecular weight is 268 g/mol. The van der Waals surface area contributed by atoms with Gasteiger partial charge in [0.1, 0.15) is 11.6 Å². The summed E-state index contributed by atoms with van der Waals surface area (Å²) in [5, 5.41) is 8.44. The molecule has 0 aliphatic heterocycles. The lowest BCUT2D eigenvalue weighted by Gasteiger charge is -2.01. The van der Waals surface area contributed by atoms with Crippen LogP contribution in [0.5, 0.6) is 0 Å². The van der Waals surface area contributed by atoms with Crippen molar-refractivity contribution >= 4 is 23.1 Å². The van der Waals surface area contributed by atoms with Gasteiger partial charge in [-0.2, -0.15) is 10.2 Å². The molecule has 0 saturated heterocycles. The maximum absolute atomic E-state index is 13.5. The number of aromatic nitrogens is 2. The highest BCUT2D eigenvalue weighted by Crippen LogP contribution is 2.19. The normalized spacial score (nSPS) is 11.3. The van der Waals surface area contributed by atoms with Crippen LogP contribution in [0.1, 0.15) is 11.1 Å². The fourth-order valence-electron chi connectivity index (χ4n) is 1.97. The summed E-state index contributed by atoms with van der Waals surface area (Å²) in [5.41, 5.74) is 1.76. The van der Waals surface area contributed by atoms with E-state index in [0.717, 1.165) is 0 Å². The van der Waals surface area contributed by atoms with E-state index in [9.17, 15) is 8.78 Å². The lowest BCUT2D eigenvalue weighted by molar-refractivity contribution is 0.625. The van der Waals surface area contributed by atoms with Gasteiger partial charge >= 0.3 is 0 Å². The molecule has 20 heavy (non-hydrogen) atoms. The Labute approximate surface area is 114 Å². The maximum atomic E-state index is 13.5. The molecule has 3 rings (SSSR count). The van der Waals surface area contributed by atoms with E-state index in [1.807, 2.05) is 0 Å². The van der Waals surface area contributed by atoms with Crippen LogP contribution in [0.3, 0.4) is 0 Å². The zero-order valence-corrected chi connectivity index (χ0v) is 10.4. The molecule has 0 radical (unpaired) electrons. The highest BCUT2D eigenvalue weighted by molar-refractivity contribution is 5.89. The minimum atomic E-state index is -0.342. The monoisotopic (exact) mass is 268 g/mol. The van der Waals surface area contributed by atoms with Crippen LogP contribution in [-0.2, 0) is 0 Å². The van der Waals surface area contributed by atoms with E-state index in [-0.39, 0.29) is 11.6 Å². The first-order valence-corrected chi connectivity index (χ1v) is 6.07. The van der Waals surface area contributed by atoms with Crippen molar-refractivity contribution < 1.29 is 8.78 Å². The van der Waals surface area contributed by atoms with Crippen molar-refractivity contribution in [1.29, 1.82) is 0 Å². The molecule has 0 unspecified atom stereocenters. The molecule has 0 aliphatic rings. The van der Waals surface area contributed by atoms with Gasteiger partial charge in [0.25, 0.3) is 0 Å². The lowest BCUT2D eigenvalue weighted by atomic mass is 10.1. The maximum Gasteiger partial charge on any atom is 0.130 e. The number of nitrogens with zero attached hydrogens (tertiary/aromatic N) is 2. The van der Waals surface area contributed by atoms with E-state index in [0.29, 0.717) is 22.0 Å². The molecule has 3 aromatic rings. The second kappa shape index (κ2) is 5.17. The van der Waals surface area contributed by atoms with Crippen LogP contribution >= 0.6 is 0 Å². The Morgan fingerprint density at radius 1 is 0.900 bits per heavy atom. The third-order valence-corrected chi connectivity index (χ3v) is 2.98. The Hall–Kier alpha value is -2.62. The molecule has 98 valence electrons. The molecule has 0 N–H and O–H groups in total. The van der Waals surface area contributed by atoms with Gasteiger partial charge in [0, 0.05) is 16.5 Å². The van der Waals surface area contributed by atoms with E-state index in [2.05, 4.69) is 10.2 Å². The summed E-state index contributed by atoms with van der Waals surface area (Å²) in [6.07, 6.45) is 4.87. The van der Waals surface area contributed by atoms with E-state index in [4.69, 9.17) is 0 Å². The van der Waals surface area contributed by atoms with Crippen molar-refractivity contribution in [2.45, 2.75) is 0 Å². The Morgan fingerprint density at radius 3 is 2.55 bits per heavy atom. The molecule has 4 heteroatoms. The van der Waals surface area contributed by atoms with E-state index in [1.165, 1.54) is 24.4 Å². The van der Waals surface area contributed by atoms with Crippen LogP contribution in [0, 0.1) is 11.6 Å². The highest BCUT2D eigenvalue weighted by atomic mass is 19.1. The van der Waals surface area contributed by atoms with Crippen LogP contribution < -0.4 is 0 Å². The summed E-state index contributed by atoms with van der Waals surface area (Å²) in [6.45, 7) is 0. The smallest absolute Gasteiger partial charge is 0.130 e. The van der Waals surface area contributed by atoms with Gasteiger partial charge in [-0.25, -0.2) is 8.78 Å². The molecule has 0 fully saturated rings. The summed E-state index contributed by atoms with van der Waals surface area (Å²) in [5.74, 6) is -0.646. The van der Waals surface area contributed by atoms with Gasteiger partial charge in [0.05, 0.1) is 11.7 Å². The minimum Gasteiger partial charge on any atom is -0.207 e. The van der Waals surface area contributed by atoms with Crippen LogP contribution in [0.4, 0.5) is 8.78 Å². The standard InChI is InChI=1S/C16H10F2N2/c17-13-7-8-16-14(9-13)12(10-19-20-16)6-5-11-3-1-2-4-15(11)18/h1-10H/b6-5+. The average Bonchev–Trinajstić information content (AvgIpc) is 2.46. The first kappa shape index (κ1) is 12.4. The third kappa shape index (κ3) is 2.40. The van der Waals surface area contributed by atoms with Crippen LogP contribution in [0.25, 0.3) is 23.1 Å². The molecular formula is C16H10F2N2. The predicted molar refractivity (Wildman–Crippen MR) is 74.8 cm³/mol. The first-order valence-electron chi connectivity index (χ1n) is 6.07. The molecule has 0 atom stereocenters. The summed E-state index contributed by atoms with van der Waals surface area (Å²) in [6, 6.07) is 10.7. The lowest BCUT2D eigenvalue weighted by Crippen LogP contribution is -1.88. The van der Waals surface area contributed by atoms with Gasteiger partial charge in [0.2, 0.25) is 0 Å². The van der Waals surface area contributed by atoms with Crippen LogP contribution in [0.15, 0.2) is 48.7 Å². The first-order chi connectivity index (χ1) is 9.74. The van der Waals surface area contributed by atoms with E-state index < -0.39 is 0 Å². The van der Waals surface area contributed by atoms with Crippen molar-refractivity contribution in [3.63, 3.8) is 0 Å². The van der Waals surface area contributed by atoms with Gasteiger partial charge in [-0.05, 0) is 24.3 Å². The van der Waals surface area contributed by atoms with Crippen molar-refractivity contribution in [2.24, 2.45) is 0 Å². The topological polar surface area (TPSA) is 25.8 Å². The van der Waals surface area contributed by atoms with Crippen molar-refractivity contribution in [3.05, 3.63) is 71.4 Å². The zero-order chi connectivity index (χ0) is 13.9. The van der Waals surface area contributed by atoms with E-state index >= 15 is 0 Å². The molecule has 0 aliphatic carbocycles. The molecular weight excluding hydrogens is 258 g/mol. The number of hydrogen-bond donors (Lipinski definition) is 0. The molecule has 2 nitrogen and oxygen atoms in total. The SMILES string of the molecule is Fc1ccc2nncc(/C=C/c3ccccc3F)c2c1. The minimum absolute atomic E-state index is 0.304. The van der Waals surface area contributed by atoms with Gasteiger partial charge in [-0.3, -0.25) is 0 Å². The van der Waals surface area contributed by atoms with Crippen molar-refractivity contribution in [1.82, 2.24) is 10.2 Å². The largest absolute Gasteiger partial charge is 0.207 e. The Kier molecular flexibility index (Phi) is 3.21. The molecule has 1 aromatic heterocycles. The number of benzene rings is 2. The Morgan fingerprint density at radius 2 is 1.70 bits per heavy atom.